The van der Waals surface area contributed by atoms with Gasteiger partial charge in [-0.1, -0.05) is 6.07 Å². The van der Waals surface area contributed by atoms with Crippen molar-refractivity contribution in [3.05, 3.63) is 36.0 Å². The summed E-state index contributed by atoms with van der Waals surface area (Å²) in [5, 5.41) is 4.84. The molecule has 0 fully saturated rings. The number of hydrogen-bond acceptors (Lipinski definition) is 7. The number of nitrogens with zero attached hydrogens (tertiary/aromatic N) is 2. The quantitative estimate of drug-likeness (QED) is 0.782. The fraction of sp³-hybridized carbons (Fsp3) is 0.368. The van der Waals surface area contributed by atoms with E-state index in [0.29, 0.717) is 11.5 Å². The molecule has 0 atom stereocenters. The van der Waals surface area contributed by atoms with Gasteiger partial charge in [-0.25, -0.2) is 9.78 Å². The Morgan fingerprint density at radius 1 is 1.18 bits per heavy atom. The third kappa shape index (κ3) is 6.75. The lowest BCUT2D eigenvalue weighted by atomic mass is 10.2. The summed E-state index contributed by atoms with van der Waals surface area (Å²) in [6, 6.07) is 6.94. The number of carbonyl (C=O) groups is 2. The number of ether oxygens (including phenoxy) is 3. The molecule has 150 valence electrons. The molecule has 2 rings (SSSR count). The van der Waals surface area contributed by atoms with E-state index in [-0.39, 0.29) is 18.4 Å². The van der Waals surface area contributed by atoms with Crippen molar-refractivity contribution < 1.29 is 23.8 Å². The minimum atomic E-state index is -0.686. The van der Waals surface area contributed by atoms with Crippen LogP contribution < -0.4 is 20.1 Å². The first kappa shape index (κ1) is 20.9. The Kier molecular flexibility index (Phi) is 6.75. The first-order chi connectivity index (χ1) is 13.2. The van der Waals surface area contributed by atoms with Crippen LogP contribution in [0.4, 0.5) is 10.7 Å². The van der Waals surface area contributed by atoms with E-state index in [4.69, 9.17) is 14.2 Å². The largest absolute Gasteiger partial charge is 0.496 e. The van der Waals surface area contributed by atoms with E-state index in [1.165, 1.54) is 6.20 Å². The molecule has 28 heavy (non-hydrogen) atoms. The standard InChI is InChI=1S/C19H24N4O5/c1-12-6-7-13(10-14(12)26-5)27-16-8-9-20-17(23-16)22-15(24)11-21-18(25)28-19(2,3)4/h6-10H,11H2,1-5H3,(H,21,25)(H,20,22,23,24). The smallest absolute Gasteiger partial charge is 0.408 e. The zero-order valence-electron chi connectivity index (χ0n) is 16.5. The van der Waals surface area contributed by atoms with Crippen molar-refractivity contribution in [2.45, 2.75) is 33.3 Å². The van der Waals surface area contributed by atoms with Crippen LogP contribution >= 0.6 is 0 Å². The van der Waals surface area contributed by atoms with Gasteiger partial charge in [0, 0.05) is 18.3 Å². The average Bonchev–Trinajstić information content (AvgIpc) is 2.60. The van der Waals surface area contributed by atoms with Gasteiger partial charge in [-0.05, 0) is 39.3 Å². The highest BCUT2D eigenvalue weighted by atomic mass is 16.6. The van der Waals surface area contributed by atoms with Gasteiger partial charge in [0.25, 0.3) is 0 Å². The van der Waals surface area contributed by atoms with Crippen molar-refractivity contribution in [2.24, 2.45) is 0 Å². The molecule has 9 nitrogen and oxygen atoms in total. The molecule has 1 heterocycles. The number of rotatable bonds is 6. The monoisotopic (exact) mass is 388 g/mol. The van der Waals surface area contributed by atoms with E-state index >= 15 is 0 Å². The van der Waals surface area contributed by atoms with Crippen molar-refractivity contribution in [2.75, 3.05) is 19.0 Å². The van der Waals surface area contributed by atoms with E-state index in [0.717, 1.165) is 5.56 Å². The molecule has 0 saturated carbocycles. The van der Waals surface area contributed by atoms with Crippen molar-refractivity contribution in [1.82, 2.24) is 15.3 Å². The Bertz CT molecular complexity index is 848. The van der Waals surface area contributed by atoms with E-state index in [9.17, 15) is 9.59 Å². The number of hydrogen-bond donors (Lipinski definition) is 2. The van der Waals surface area contributed by atoms with Gasteiger partial charge < -0.3 is 19.5 Å². The van der Waals surface area contributed by atoms with E-state index < -0.39 is 17.6 Å². The Labute approximate surface area is 163 Å². The van der Waals surface area contributed by atoms with Crippen LogP contribution in [-0.2, 0) is 9.53 Å². The van der Waals surface area contributed by atoms with E-state index in [2.05, 4.69) is 20.6 Å². The number of aromatic nitrogens is 2. The molecule has 1 aromatic heterocycles. The molecular formula is C19H24N4O5. The number of anilines is 1. The van der Waals surface area contributed by atoms with Gasteiger partial charge in [-0.2, -0.15) is 4.98 Å². The zero-order valence-corrected chi connectivity index (χ0v) is 16.5. The van der Waals surface area contributed by atoms with Crippen molar-refractivity contribution in [3.63, 3.8) is 0 Å². The van der Waals surface area contributed by atoms with E-state index in [1.807, 2.05) is 13.0 Å². The topological polar surface area (TPSA) is 112 Å². The van der Waals surface area contributed by atoms with Crippen molar-refractivity contribution in [3.8, 4) is 17.4 Å². The van der Waals surface area contributed by atoms with Crippen LogP contribution in [0.3, 0.4) is 0 Å². The van der Waals surface area contributed by atoms with Gasteiger partial charge in [0.05, 0.1) is 7.11 Å². The predicted octanol–water partition coefficient (Wildman–Crippen LogP) is 3.05. The first-order valence-corrected chi connectivity index (χ1v) is 8.58. The summed E-state index contributed by atoms with van der Waals surface area (Å²) in [6.45, 7) is 6.84. The van der Waals surface area contributed by atoms with Gasteiger partial charge in [0.15, 0.2) is 0 Å². The summed E-state index contributed by atoms with van der Waals surface area (Å²) in [4.78, 5) is 31.6. The SMILES string of the molecule is COc1cc(Oc2ccnc(NC(=O)CNC(=O)OC(C)(C)C)n2)ccc1C. The molecule has 0 spiro atoms. The second-order valence-electron chi connectivity index (χ2n) is 6.86. The number of alkyl carbamates (subject to hydrolysis) is 1. The number of methoxy groups -OCH3 is 1. The molecule has 0 aliphatic heterocycles. The van der Waals surface area contributed by atoms with Crippen LogP contribution in [0.5, 0.6) is 17.4 Å². The number of aryl methyl sites for hydroxylation is 1. The van der Waals surface area contributed by atoms with Gasteiger partial charge in [0.2, 0.25) is 17.7 Å². The molecule has 2 aromatic rings. The van der Waals surface area contributed by atoms with Crippen LogP contribution in [0.25, 0.3) is 0 Å². The highest BCUT2D eigenvalue weighted by molar-refractivity contribution is 5.92. The second-order valence-corrected chi connectivity index (χ2v) is 6.86. The van der Waals surface area contributed by atoms with Crippen LogP contribution in [-0.4, -0.2) is 41.2 Å². The molecule has 0 bridgehead atoms. The second kappa shape index (κ2) is 9.03. The summed E-state index contributed by atoms with van der Waals surface area (Å²) in [6.07, 6.45) is 0.763. The number of benzene rings is 1. The maximum Gasteiger partial charge on any atom is 0.408 e. The Morgan fingerprint density at radius 2 is 1.93 bits per heavy atom. The first-order valence-electron chi connectivity index (χ1n) is 8.58. The van der Waals surface area contributed by atoms with Crippen molar-refractivity contribution in [1.29, 1.82) is 0 Å². The van der Waals surface area contributed by atoms with Gasteiger partial charge in [0.1, 0.15) is 23.6 Å². The number of nitrogens with one attached hydrogen (secondary N) is 2. The van der Waals surface area contributed by atoms with Gasteiger partial charge in [-0.15, -0.1) is 0 Å². The summed E-state index contributed by atoms with van der Waals surface area (Å²) in [5.41, 5.74) is 0.330. The van der Waals surface area contributed by atoms with Crippen LogP contribution in [0.1, 0.15) is 26.3 Å². The van der Waals surface area contributed by atoms with Crippen LogP contribution in [0, 0.1) is 6.92 Å². The molecule has 2 amide bonds. The fourth-order valence-corrected chi connectivity index (χ4v) is 2.08. The summed E-state index contributed by atoms with van der Waals surface area (Å²) in [7, 11) is 1.58. The predicted molar refractivity (Wildman–Crippen MR) is 103 cm³/mol. The number of amides is 2. The van der Waals surface area contributed by atoms with E-state index in [1.54, 1.807) is 46.1 Å². The minimum absolute atomic E-state index is 0.0487. The molecular weight excluding hydrogens is 364 g/mol. The maximum absolute atomic E-state index is 12.0. The Balaban J connectivity index is 1.94. The molecule has 1 aromatic carbocycles. The molecule has 0 radical (unpaired) electrons. The average molecular weight is 388 g/mol. The molecule has 0 saturated heterocycles. The Morgan fingerprint density at radius 3 is 2.61 bits per heavy atom. The number of carbonyl (C=O) groups excluding carboxylic acids is 2. The normalized spacial score (nSPS) is 10.8. The lowest BCUT2D eigenvalue weighted by molar-refractivity contribution is -0.115. The molecule has 0 unspecified atom stereocenters. The highest BCUT2D eigenvalue weighted by Gasteiger charge is 2.17. The molecule has 0 aliphatic carbocycles. The zero-order chi connectivity index (χ0) is 20.7. The molecule has 9 heteroatoms. The minimum Gasteiger partial charge on any atom is -0.496 e. The third-order valence-corrected chi connectivity index (χ3v) is 3.28. The van der Waals surface area contributed by atoms with Crippen molar-refractivity contribution >= 4 is 17.9 Å². The molecule has 2 N–H and O–H groups in total. The lowest BCUT2D eigenvalue weighted by Crippen LogP contribution is -2.37. The van der Waals surface area contributed by atoms with Gasteiger partial charge >= 0.3 is 6.09 Å². The third-order valence-electron chi connectivity index (χ3n) is 3.28. The van der Waals surface area contributed by atoms with Crippen LogP contribution in [0.2, 0.25) is 0 Å². The summed E-state index contributed by atoms with van der Waals surface area (Å²) < 4.78 is 16.0. The maximum atomic E-state index is 12.0. The fourth-order valence-electron chi connectivity index (χ4n) is 2.08. The van der Waals surface area contributed by atoms with Crippen LogP contribution in [0.15, 0.2) is 30.5 Å². The highest BCUT2D eigenvalue weighted by Crippen LogP contribution is 2.27. The lowest BCUT2D eigenvalue weighted by Gasteiger charge is -2.19. The summed E-state index contributed by atoms with van der Waals surface area (Å²) >= 11 is 0. The Hall–Kier alpha value is -3.36. The summed E-state index contributed by atoms with van der Waals surface area (Å²) in [5.74, 6) is 1.02. The van der Waals surface area contributed by atoms with Gasteiger partial charge in [-0.3, -0.25) is 10.1 Å². The molecule has 0 aliphatic rings.